The number of nitrogens with one attached hydrogen (secondary N) is 2. The Labute approximate surface area is 153 Å². The van der Waals surface area contributed by atoms with Gasteiger partial charge in [-0.15, -0.1) is 0 Å². The molecule has 1 aromatic heterocycles. The van der Waals surface area contributed by atoms with Crippen LogP contribution in [0, 0.1) is 0 Å². The van der Waals surface area contributed by atoms with E-state index in [0.29, 0.717) is 24.5 Å². The number of amides is 1. The molecule has 0 aliphatic rings. The summed E-state index contributed by atoms with van der Waals surface area (Å²) in [4.78, 5) is 16.7. The minimum Gasteiger partial charge on any atom is -0.496 e. The third-order valence-electron chi connectivity index (χ3n) is 3.97. The van der Waals surface area contributed by atoms with Gasteiger partial charge in [0.15, 0.2) is 0 Å². The fourth-order valence-corrected chi connectivity index (χ4v) is 2.58. The highest BCUT2D eigenvalue weighted by molar-refractivity contribution is 5.94. The molecular formula is C21H21N3O2. The second-order valence-electron chi connectivity index (χ2n) is 5.76. The molecule has 5 heteroatoms. The minimum absolute atomic E-state index is 0.152. The van der Waals surface area contributed by atoms with E-state index in [2.05, 4.69) is 15.6 Å². The molecule has 2 aromatic carbocycles. The average molecular weight is 347 g/mol. The van der Waals surface area contributed by atoms with Crippen molar-refractivity contribution in [2.75, 3.05) is 12.4 Å². The molecule has 0 spiro atoms. The highest BCUT2D eigenvalue weighted by Gasteiger charge is 2.08. The zero-order chi connectivity index (χ0) is 18.2. The second kappa shape index (κ2) is 8.67. The van der Waals surface area contributed by atoms with E-state index in [4.69, 9.17) is 4.74 Å². The van der Waals surface area contributed by atoms with Crippen LogP contribution in [0.5, 0.6) is 5.75 Å². The van der Waals surface area contributed by atoms with Crippen molar-refractivity contribution in [3.8, 4) is 5.75 Å². The van der Waals surface area contributed by atoms with Gasteiger partial charge in [0, 0.05) is 30.4 Å². The number of hydrogen-bond donors (Lipinski definition) is 2. The van der Waals surface area contributed by atoms with Gasteiger partial charge in [-0.1, -0.05) is 48.5 Å². The summed E-state index contributed by atoms with van der Waals surface area (Å²) in [7, 11) is 1.62. The predicted molar refractivity (Wildman–Crippen MR) is 102 cm³/mol. The molecule has 1 heterocycles. The number of ether oxygens (including phenoxy) is 1. The molecule has 5 nitrogen and oxygen atoms in total. The number of rotatable bonds is 7. The minimum atomic E-state index is -0.152. The van der Waals surface area contributed by atoms with Gasteiger partial charge in [-0.2, -0.15) is 0 Å². The monoisotopic (exact) mass is 347 g/mol. The fourth-order valence-electron chi connectivity index (χ4n) is 2.58. The molecular weight excluding hydrogens is 326 g/mol. The maximum absolute atomic E-state index is 12.4. The van der Waals surface area contributed by atoms with Gasteiger partial charge >= 0.3 is 0 Å². The molecule has 0 radical (unpaired) electrons. The summed E-state index contributed by atoms with van der Waals surface area (Å²) < 4.78 is 5.31. The Morgan fingerprint density at radius 3 is 2.58 bits per heavy atom. The van der Waals surface area contributed by atoms with E-state index in [1.165, 1.54) is 0 Å². The van der Waals surface area contributed by atoms with E-state index in [9.17, 15) is 4.79 Å². The van der Waals surface area contributed by atoms with Crippen molar-refractivity contribution in [1.82, 2.24) is 10.3 Å². The van der Waals surface area contributed by atoms with Gasteiger partial charge in [-0.3, -0.25) is 4.79 Å². The van der Waals surface area contributed by atoms with Crippen molar-refractivity contribution < 1.29 is 9.53 Å². The number of carbonyl (C=O) groups excluding carboxylic acids is 1. The van der Waals surface area contributed by atoms with E-state index in [1.54, 1.807) is 25.4 Å². The number of benzene rings is 2. The topological polar surface area (TPSA) is 63.2 Å². The van der Waals surface area contributed by atoms with Gasteiger partial charge < -0.3 is 15.4 Å². The van der Waals surface area contributed by atoms with Gasteiger partial charge in [-0.25, -0.2) is 4.98 Å². The van der Waals surface area contributed by atoms with Crippen LogP contribution in [0.15, 0.2) is 72.9 Å². The van der Waals surface area contributed by atoms with Crippen LogP contribution in [0.25, 0.3) is 0 Å². The smallest absolute Gasteiger partial charge is 0.251 e. The Morgan fingerprint density at radius 1 is 1.00 bits per heavy atom. The Bertz CT molecular complexity index is 866. The number of carbonyl (C=O) groups is 1. The average Bonchev–Trinajstić information content (AvgIpc) is 2.71. The molecule has 0 unspecified atom stereocenters. The lowest BCUT2D eigenvalue weighted by Crippen LogP contribution is -2.23. The molecule has 0 aliphatic heterocycles. The number of aromatic nitrogens is 1. The van der Waals surface area contributed by atoms with Crippen molar-refractivity contribution in [3.63, 3.8) is 0 Å². The summed E-state index contributed by atoms with van der Waals surface area (Å²) in [5.41, 5.74) is 2.64. The molecule has 2 N–H and O–H groups in total. The van der Waals surface area contributed by atoms with Gasteiger partial charge in [-0.05, 0) is 23.8 Å². The Balaban J connectivity index is 1.61. The van der Waals surface area contributed by atoms with Crippen molar-refractivity contribution in [3.05, 3.63) is 89.6 Å². The van der Waals surface area contributed by atoms with Gasteiger partial charge in [0.05, 0.1) is 7.11 Å². The molecule has 26 heavy (non-hydrogen) atoms. The Kier molecular flexibility index (Phi) is 5.83. The summed E-state index contributed by atoms with van der Waals surface area (Å²) in [6.07, 6.45) is 1.63. The van der Waals surface area contributed by atoms with Crippen LogP contribution in [-0.4, -0.2) is 18.0 Å². The molecule has 0 atom stereocenters. The van der Waals surface area contributed by atoms with Crippen LogP contribution in [-0.2, 0) is 13.1 Å². The van der Waals surface area contributed by atoms with E-state index in [1.807, 2.05) is 54.6 Å². The molecule has 0 saturated carbocycles. The first-order valence-corrected chi connectivity index (χ1v) is 8.40. The van der Waals surface area contributed by atoms with Crippen molar-refractivity contribution in [1.29, 1.82) is 0 Å². The predicted octanol–water partition coefficient (Wildman–Crippen LogP) is 3.63. The lowest BCUT2D eigenvalue weighted by molar-refractivity contribution is 0.0950. The first kappa shape index (κ1) is 17.5. The number of methoxy groups -OCH3 is 1. The number of para-hydroxylation sites is 1. The van der Waals surface area contributed by atoms with Crippen molar-refractivity contribution in [2.24, 2.45) is 0 Å². The van der Waals surface area contributed by atoms with E-state index < -0.39 is 0 Å². The van der Waals surface area contributed by atoms with Gasteiger partial charge in [0.1, 0.15) is 11.6 Å². The third kappa shape index (κ3) is 4.60. The Hall–Kier alpha value is -3.34. The number of nitrogens with zero attached hydrogens (tertiary/aromatic N) is 1. The lowest BCUT2D eigenvalue weighted by atomic mass is 10.2. The van der Waals surface area contributed by atoms with Crippen LogP contribution >= 0.6 is 0 Å². The zero-order valence-electron chi connectivity index (χ0n) is 14.6. The molecule has 1 amide bonds. The van der Waals surface area contributed by atoms with Crippen LogP contribution in [0.1, 0.15) is 21.5 Å². The summed E-state index contributed by atoms with van der Waals surface area (Å²) in [5, 5.41) is 6.15. The number of anilines is 1. The molecule has 0 fully saturated rings. The number of hydrogen-bond acceptors (Lipinski definition) is 4. The summed E-state index contributed by atoms with van der Waals surface area (Å²) >= 11 is 0. The quantitative estimate of drug-likeness (QED) is 0.685. The summed E-state index contributed by atoms with van der Waals surface area (Å²) in [6.45, 7) is 1.05. The Morgan fingerprint density at radius 2 is 1.77 bits per heavy atom. The van der Waals surface area contributed by atoms with Crippen LogP contribution < -0.4 is 15.4 Å². The largest absolute Gasteiger partial charge is 0.496 e. The first-order valence-electron chi connectivity index (χ1n) is 8.40. The van der Waals surface area contributed by atoms with E-state index in [0.717, 1.165) is 16.9 Å². The van der Waals surface area contributed by atoms with E-state index in [-0.39, 0.29) is 5.91 Å². The van der Waals surface area contributed by atoms with Crippen molar-refractivity contribution in [2.45, 2.75) is 13.1 Å². The maximum Gasteiger partial charge on any atom is 0.251 e. The highest BCUT2D eigenvalue weighted by Crippen LogP contribution is 2.17. The van der Waals surface area contributed by atoms with Crippen LogP contribution in [0.4, 0.5) is 5.82 Å². The normalized spacial score (nSPS) is 10.2. The van der Waals surface area contributed by atoms with Crippen LogP contribution in [0.2, 0.25) is 0 Å². The highest BCUT2D eigenvalue weighted by atomic mass is 16.5. The summed E-state index contributed by atoms with van der Waals surface area (Å²) in [6, 6.07) is 21.1. The summed E-state index contributed by atoms with van der Waals surface area (Å²) in [5.74, 6) is 1.27. The number of pyridine rings is 1. The van der Waals surface area contributed by atoms with Crippen LogP contribution in [0.3, 0.4) is 0 Å². The van der Waals surface area contributed by atoms with E-state index >= 15 is 0 Å². The standard InChI is InChI=1S/C21H21N3O2/c1-26-19-10-6-5-9-18(19)15-24-21(25)17-11-12-22-20(13-17)23-14-16-7-3-2-4-8-16/h2-13H,14-15H2,1H3,(H,22,23)(H,24,25). The lowest BCUT2D eigenvalue weighted by Gasteiger charge is -2.10. The molecule has 0 saturated heterocycles. The molecule has 0 aliphatic carbocycles. The molecule has 132 valence electrons. The molecule has 0 bridgehead atoms. The first-order chi connectivity index (χ1) is 12.8. The van der Waals surface area contributed by atoms with Gasteiger partial charge in [0.25, 0.3) is 5.91 Å². The second-order valence-corrected chi connectivity index (χ2v) is 5.76. The van der Waals surface area contributed by atoms with Gasteiger partial charge in [0.2, 0.25) is 0 Å². The SMILES string of the molecule is COc1ccccc1CNC(=O)c1ccnc(NCc2ccccc2)c1. The fraction of sp³-hybridized carbons (Fsp3) is 0.143. The maximum atomic E-state index is 12.4. The molecule has 3 rings (SSSR count). The molecule has 3 aromatic rings. The zero-order valence-corrected chi connectivity index (χ0v) is 14.6. The third-order valence-corrected chi connectivity index (χ3v) is 3.97. The van der Waals surface area contributed by atoms with Crippen molar-refractivity contribution >= 4 is 11.7 Å².